The zero-order chi connectivity index (χ0) is 21.0. The van der Waals surface area contributed by atoms with Gasteiger partial charge in [0.25, 0.3) is 5.91 Å². The van der Waals surface area contributed by atoms with E-state index in [1.54, 1.807) is 6.92 Å². The average molecular weight is 444 g/mol. The molecule has 1 N–H and O–H groups in total. The number of carbonyl (C=O) groups is 2. The number of aromatic nitrogens is 1. The Balaban J connectivity index is 1.68. The Bertz CT molecular complexity index is 1020. The first-order chi connectivity index (χ1) is 13.8. The van der Waals surface area contributed by atoms with Crippen LogP contribution >= 0.6 is 11.6 Å². The second-order valence-electron chi connectivity index (χ2n) is 6.11. The molecular weight excluding hydrogens is 426 g/mol. The van der Waals surface area contributed by atoms with Crippen molar-refractivity contribution in [3.05, 3.63) is 40.6 Å². The Hall–Kier alpha value is -2.47. The summed E-state index contributed by atoms with van der Waals surface area (Å²) in [7, 11) is -3.82. The van der Waals surface area contributed by atoms with Crippen LogP contribution in [0.1, 0.15) is 16.1 Å². The number of amides is 1. The molecule has 0 saturated carbocycles. The molecule has 2 aromatic rings. The molecule has 1 saturated heterocycles. The first-order valence-corrected chi connectivity index (χ1v) is 10.4. The summed E-state index contributed by atoms with van der Waals surface area (Å²) >= 11 is 6.02. The van der Waals surface area contributed by atoms with Gasteiger partial charge in [-0.05, 0) is 25.1 Å². The zero-order valence-corrected chi connectivity index (χ0v) is 17.0. The SMILES string of the molecule is Cc1cc(NC(=O)COC(=O)c2cc(S(=O)(=O)N3CCOCC3)ccc2Cl)no1. The first-order valence-electron chi connectivity index (χ1n) is 8.55. The lowest BCUT2D eigenvalue weighted by Gasteiger charge is -2.26. The van der Waals surface area contributed by atoms with Gasteiger partial charge in [-0.25, -0.2) is 13.2 Å². The minimum Gasteiger partial charge on any atom is -0.452 e. The summed E-state index contributed by atoms with van der Waals surface area (Å²) in [4.78, 5) is 24.1. The molecule has 0 atom stereocenters. The van der Waals surface area contributed by atoms with Crippen molar-refractivity contribution in [1.29, 1.82) is 0 Å². The number of sulfonamides is 1. The lowest BCUT2D eigenvalue weighted by Crippen LogP contribution is -2.40. The Morgan fingerprint density at radius 2 is 2.00 bits per heavy atom. The number of morpholine rings is 1. The highest BCUT2D eigenvalue weighted by Gasteiger charge is 2.28. The number of carbonyl (C=O) groups excluding carboxylic acids is 2. The van der Waals surface area contributed by atoms with Crippen molar-refractivity contribution in [3.63, 3.8) is 0 Å². The number of nitrogens with zero attached hydrogens (tertiary/aromatic N) is 2. The van der Waals surface area contributed by atoms with E-state index in [1.165, 1.54) is 22.5 Å². The molecule has 1 aromatic heterocycles. The van der Waals surface area contributed by atoms with Crippen LogP contribution in [0.5, 0.6) is 0 Å². The number of anilines is 1. The molecule has 0 radical (unpaired) electrons. The van der Waals surface area contributed by atoms with Crippen molar-refractivity contribution < 1.29 is 32.0 Å². The minimum absolute atomic E-state index is 0.00321. The number of hydrogen-bond donors (Lipinski definition) is 1. The quantitative estimate of drug-likeness (QED) is 0.664. The number of esters is 1. The molecule has 3 rings (SSSR count). The molecule has 156 valence electrons. The van der Waals surface area contributed by atoms with Gasteiger partial charge in [-0.2, -0.15) is 4.31 Å². The molecule has 1 aliphatic heterocycles. The van der Waals surface area contributed by atoms with Crippen LogP contribution in [-0.2, 0) is 24.3 Å². The highest BCUT2D eigenvalue weighted by Crippen LogP contribution is 2.24. The van der Waals surface area contributed by atoms with Crippen molar-refractivity contribution in [2.45, 2.75) is 11.8 Å². The van der Waals surface area contributed by atoms with E-state index in [9.17, 15) is 18.0 Å². The van der Waals surface area contributed by atoms with Crippen LogP contribution in [0.4, 0.5) is 5.82 Å². The maximum atomic E-state index is 12.7. The fourth-order valence-electron chi connectivity index (χ4n) is 2.57. The summed E-state index contributed by atoms with van der Waals surface area (Å²) in [6.07, 6.45) is 0. The Labute approximate surface area is 171 Å². The Morgan fingerprint density at radius 1 is 1.28 bits per heavy atom. The van der Waals surface area contributed by atoms with Gasteiger partial charge in [-0.1, -0.05) is 16.8 Å². The van der Waals surface area contributed by atoms with Crippen LogP contribution in [0.25, 0.3) is 0 Å². The van der Waals surface area contributed by atoms with Gasteiger partial charge in [0.15, 0.2) is 12.4 Å². The van der Waals surface area contributed by atoms with Gasteiger partial charge in [0.05, 0.1) is 28.7 Å². The normalized spacial score (nSPS) is 15.1. The standard InChI is InChI=1S/C17H18ClN3O7S/c1-11-8-15(20-28-11)19-16(22)10-27-17(23)13-9-12(2-3-14(13)18)29(24,25)21-4-6-26-7-5-21/h2-3,8-9H,4-7,10H2,1H3,(H,19,20,22). The predicted molar refractivity (Wildman–Crippen MR) is 101 cm³/mol. The fourth-order valence-corrected chi connectivity index (χ4v) is 4.20. The largest absolute Gasteiger partial charge is 0.452 e. The molecule has 1 aromatic carbocycles. The van der Waals surface area contributed by atoms with Gasteiger partial charge in [-0.15, -0.1) is 0 Å². The second-order valence-corrected chi connectivity index (χ2v) is 8.45. The van der Waals surface area contributed by atoms with E-state index in [-0.39, 0.29) is 34.4 Å². The highest BCUT2D eigenvalue weighted by atomic mass is 35.5. The van der Waals surface area contributed by atoms with E-state index in [4.69, 9.17) is 25.6 Å². The lowest BCUT2D eigenvalue weighted by molar-refractivity contribution is -0.119. The molecule has 1 fully saturated rings. The van der Waals surface area contributed by atoms with E-state index in [0.717, 1.165) is 6.07 Å². The van der Waals surface area contributed by atoms with Crippen molar-refractivity contribution in [2.75, 3.05) is 38.2 Å². The van der Waals surface area contributed by atoms with Crippen molar-refractivity contribution in [3.8, 4) is 0 Å². The molecule has 1 aliphatic rings. The second kappa shape index (κ2) is 8.91. The lowest BCUT2D eigenvalue weighted by atomic mass is 10.2. The molecule has 29 heavy (non-hydrogen) atoms. The molecular formula is C17H18ClN3O7S. The van der Waals surface area contributed by atoms with Crippen molar-refractivity contribution >= 4 is 39.3 Å². The van der Waals surface area contributed by atoms with E-state index in [1.807, 2.05) is 0 Å². The van der Waals surface area contributed by atoms with Crippen LogP contribution in [0.3, 0.4) is 0 Å². The summed E-state index contributed by atoms with van der Waals surface area (Å²) < 4.78 is 41.7. The van der Waals surface area contributed by atoms with E-state index < -0.39 is 28.5 Å². The molecule has 0 spiro atoms. The average Bonchev–Trinajstić information content (AvgIpc) is 3.11. The number of benzene rings is 1. The predicted octanol–water partition coefficient (Wildman–Crippen LogP) is 1.45. The third kappa shape index (κ3) is 5.12. The van der Waals surface area contributed by atoms with Gasteiger partial charge < -0.3 is 19.3 Å². The molecule has 10 nitrogen and oxygen atoms in total. The van der Waals surface area contributed by atoms with Crippen LogP contribution in [0, 0.1) is 6.92 Å². The van der Waals surface area contributed by atoms with Crippen LogP contribution < -0.4 is 5.32 Å². The molecule has 1 amide bonds. The third-order valence-corrected chi connectivity index (χ3v) is 6.22. The topological polar surface area (TPSA) is 128 Å². The molecule has 0 bridgehead atoms. The van der Waals surface area contributed by atoms with Gasteiger partial charge in [0.1, 0.15) is 5.76 Å². The number of halogens is 1. The van der Waals surface area contributed by atoms with Crippen LogP contribution in [0.2, 0.25) is 5.02 Å². The molecule has 12 heteroatoms. The third-order valence-electron chi connectivity index (χ3n) is 4.00. The van der Waals surface area contributed by atoms with Gasteiger partial charge in [0.2, 0.25) is 10.0 Å². The Kier molecular flexibility index (Phi) is 6.52. The number of hydrogen-bond acceptors (Lipinski definition) is 8. The number of nitrogens with one attached hydrogen (secondary N) is 1. The van der Waals surface area contributed by atoms with Crippen molar-refractivity contribution in [2.24, 2.45) is 0 Å². The van der Waals surface area contributed by atoms with Gasteiger partial charge in [-0.3, -0.25) is 4.79 Å². The van der Waals surface area contributed by atoms with E-state index in [2.05, 4.69) is 10.5 Å². The summed E-state index contributed by atoms with van der Waals surface area (Å²) in [6, 6.07) is 5.23. The highest BCUT2D eigenvalue weighted by molar-refractivity contribution is 7.89. The smallest absolute Gasteiger partial charge is 0.340 e. The van der Waals surface area contributed by atoms with Crippen molar-refractivity contribution in [1.82, 2.24) is 9.46 Å². The summed E-state index contributed by atoms with van der Waals surface area (Å²) in [5.74, 6) is -0.886. The molecule has 0 unspecified atom stereocenters. The van der Waals surface area contributed by atoms with Crippen LogP contribution in [0.15, 0.2) is 33.7 Å². The maximum absolute atomic E-state index is 12.7. The summed E-state index contributed by atoms with van der Waals surface area (Å²) in [6.45, 7) is 2.06. The fraction of sp³-hybridized carbons (Fsp3) is 0.353. The Morgan fingerprint density at radius 3 is 2.66 bits per heavy atom. The van der Waals surface area contributed by atoms with Gasteiger partial charge in [0, 0.05) is 19.2 Å². The minimum atomic E-state index is -3.82. The number of ether oxygens (including phenoxy) is 2. The molecule has 0 aliphatic carbocycles. The number of rotatable bonds is 6. The molecule has 2 heterocycles. The first kappa shape index (κ1) is 21.2. The van der Waals surface area contributed by atoms with E-state index >= 15 is 0 Å². The monoisotopic (exact) mass is 443 g/mol. The van der Waals surface area contributed by atoms with E-state index in [0.29, 0.717) is 19.0 Å². The summed E-state index contributed by atoms with van der Waals surface area (Å²) in [5, 5.41) is 5.99. The zero-order valence-electron chi connectivity index (χ0n) is 15.4. The maximum Gasteiger partial charge on any atom is 0.340 e. The van der Waals surface area contributed by atoms with Crippen LogP contribution in [-0.4, -0.2) is 62.7 Å². The summed E-state index contributed by atoms with van der Waals surface area (Å²) in [5.41, 5.74) is -0.161. The van der Waals surface area contributed by atoms with Gasteiger partial charge >= 0.3 is 5.97 Å². The number of aryl methyl sites for hydroxylation is 1.